The summed E-state index contributed by atoms with van der Waals surface area (Å²) >= 11 is 0. The highest BCUT2D eigenvalue weighted by molar-refractivity contribution is 5.81. The van der Waals surface area contributed by atoms with E-state index in [1.54, 1.807) is 0 Å². The third-order valence-corrected chi connectivity index (χ3v) is 4.47. The van der Waals surface area contributed by atoms with Crippen molar-refractivity contribution in [2.45, 2.75) is 13.0 Å². The number of nitrogens with one attached hydrogen (secondary N) is 1. The molecule has 1 aromatic carbocycles. The van der Waals surface area contributed by atoms with Crippen molar-refractivity contribution in [2.75, 3.05) is 43.0 Å². The first-order valence-corrected chi connectivity index (χ1v) is 9.32. The molecule has 142 valence electrons. The molecule has 3 rings (SSSR count). The third kappa shape index (κ3) is 5.48. The van der Waals surface area contributed by atoms with Crippen molar-refractivity contribution < 1.29 is 9.53 Å². The lowest BCUT2D eigenvalue weighted by Crippen LogP contribution is -2.44. The summed E-state index contributed by atoms with van der Waals surface area (Å²) in [4.78, 5) is 20.9. The fourth-order valence-corrected chi connectivity index (χ4v) is 3.02. The SMILES string of the molecule is CCOC(=O)[C@H](C=CN1CCN(c2ccncc2)CC1)Nc1ccccc1. The first kappa shape index (κ1) is 18.8. The van der Waals surface area contributed by atoms with Gasteiger partial charge in [-0.1, -0.05) is 18.2 Å². The number of hydrogen-bond donors (Lipinski definition) is 1. The van der Waals surface area contributed by atoms with Crippen molar-refractivity contribution in [1.82, 2.24) is 9.88 Å². The van der Waals surface area contributed by atoms with E-state index in [0.717, 1.165) is 31.9 Å². The quantitative estimate of drug-likeness (QED) is 0.761. The van der Waals surface area contributed by atoms with E-state index in [2.05, 4.69) is 20.1 Å². The molecule has 2 heterocycles. The molecule has 0 unspecified atom stereocenters. The van der Waals surface area contributed by atoms with Crippen LogP contribution in [0.3, 0.4) is 0 Å². The highest BCUT2D eigenvalue weighted by atomic mass is 16.5. The number of pyridine rings is 1. The predicted molar refractivity (Wildman–Crippen MR) is 108 cm³/mol. The van der Waals surface area contributed by atoms with Crippen LogP contribution < -0.4 is 10.2 Å². The van der Waals surface area contributed by atoms with Gasteiger partial charge in [-0.2, -0.15) is 0 Å². The number of piperazine rings is 1. The van der Waals surface area contributed by atoms with Crippen LogP contribution >= 0.6 is 0 Å². The molecule has 0 bridgehead atoms. The van der Waals surface area contributed by atoms with Crippen LogP contribution in [0.5, 0.6) is 0 Å². The van der Waals surface area contributed by atoms with Gasteiger partial charge in [0.05, 0.1) is 6.61 Å². The molecule has 6 heteroatoms. The van der Waals surface area contributed by atoms with Gasteiger partial charge in [0.1, 0.15) is 6.04 Å². The molecule has 0 aliphatic carbocycles. The van der Waals surface area contributed by atoms with Gasteiger partial charge < -0.3 is 19.9 Å². The summed E-state index contributed by atoms with van der Waals surface area (Å²) in [6, 6.07) is 13.3. The fourth-order valence-electron chi connectivity index (χ4n) is 3.02. The maximum atomic E-state index is 12.3. The minimum absolute atomic E-state index is 0.270. The molecule has 27 heavy (non-hydrogen) atoms. The monoisotopic (exact) mass is 366 g/mol. The first-order chi connectivity index (χ1) is 13.3. The number of anilines is 2. The fraction of sp³-hybridized carbons (Fsp3) is 0.333. The Morgan fingerprint density at radius 1 is 1.15 bits per heavy atom. The van der Waals surface area contributed by atoms with Crippen LogP contribution in [-0.4, -0.2) is 54.7 Å². The van der Waals surface area contributed by atoms with E-state index in [9.17, 15) is 4.79 Å². The minimum atomic E-state index is -0.509. The topological polar surface area (TPSA) is 57.7 Å². The molecule has 0 saturated carbocycles. The smallest absolute Gasteiger partial charge is 0.332 e. The number of carbonyl (C=O) groups excluding carboxylic acids is 1. The molecule has 1 saturated heterocycles. The summed E-state index contributed by atoms with van der Waals surface area (Å²) in [6.45, 7) is 5.86. The number of carbonyl (C=O) groups is 1. The van der Waals surface area contributed by atoms with E-state index < -0.39 is 6.04 Å². The molecular formula is C21H26N4O2. The molecule has 6 nitrogen and oxygen atoms in total. The number of esters is 1. The zero-order chi connectivity index (χ0) is 18.9. The summed E-state index contributed by atoms with van der Waals surface area (Å²) in [5, 5.41) is 3.23. The van der Waals surface area contributed by atoms with Crippen LogP contribution in [0.15, 0.2) is 67.1 Å². The Morgan fingerprint density at radius 2 is 1.85 bits per heavy atom. The standard InChI is InChI=1S/C21H26N4O2/c1-2-27-21(26)20(23-18-6-4-3-5-7-18)10-13-24-14-16-25(17-15-24)19-8-11-22-12-9-19/h3-13,20,23H,2,14-17H2,1H3/t20-/m0/s1. The van der Waals surface area contributed by atoms with Gasteiger partial charge in [-0.3, -0.25) is 4.98 Å². The van der Waals surface area contributed by atoms with Crippen LogP contribution in [-0.2, 0) is 9.53 Å². The van der Waals surface area contributed by atoms with Gasteiger partial charge in [0.2, 0.25) is 0 Å². The van der Waals surface area contributed by atoms with E-state index in [1.807, 2.05) is 74.1 Å². The Balaban J connectivity index is 1.58. The molecule has 1 fully saturated rings. The van der Waals surface area contributed by atoms with Crippen LogP contribution in [0.2, 0.25) is 0 Å². The molecule has 1 aliphatic rings. The van der Waals surface area contributed by atoms with Crippen LogP contribution in [0.25, 0.3) is 0 Å². The molecule has 1 aliphatic heterocycles. The van der Waals surface area contributed by atoms with Gasteiger partial charge in [-0.05, 0) is 43.5 Å². The minimum Gasteiger partial charge on any atom is -0.464 e. The van der Waals surface area contributed by atoms with Gasteiger partial charge in [-0.25, -0.2) is 4.79 Å². The van der Waals surface area contributed by atoms with E-state index in [0.29, 0.717) is 6.61 Å². The van der Waals surface area contributed by atoms with E-state index in [-0.39, 0.29) is 5.97 Å². The number of para-hydroxylation sites is 1. The predicted octanol–water partition coefficient (Wildman–Crippen LogP) is 2.76. The summed E-state index contributed by atoms with van der Waals surface area (Å²) in [6.07, 6.45) is 7.52. The highest BCUT2D eigenvalue weighted by Gasteiger charge is 2.18. The number of aromatic nitrogens is 1. The average molecular weight is 366 g/mol. The summed E-state index contributed by atoms with van der Waals surface area (Å²) in [5.74, 6) is -0.270. The second-order valence-corrected chi connectivity index (χ2v) is 6.31. The van der Waals surface area contributed by atoms with Crippen molar-refractivity contribution in [2.24, 2.45) is 0 Å². The van der Waals surface area contributed by atoms with Gasteiger partial charge >= 0.3 is 5.97 Å². The molecule has 2 aromatic rings. The maximum Gasteiger partial charge on any atom is 0.332 e. The first-order valence-electron chi connectivity index (χ1n) is 9.32. The largest absolute Gasteiger partial charge is 0.464 e. The summed E-state index contributed by atoms with van der Waals surface area (Å²) in [5.41, 5.74) is 2.09. The molecule has 0 radical (unpaired) electrons. The Hall–Kier alpha value is -3.02. The normalized spacial score (nSPS) is 15.6. The molecule has 1 N–H and O–H groups in total. The van der Waals surface area contributed by atoms with Gasteiger partial charge in [0.15, 0.2) is 0 Å². The zero-order valence-electron chi connectivity index (χ0n) is 15.6. The lowest BCUT2D eigenvalue weighted by atomic mass is 10.2. The second-order valence-electron chi connectivity index (χ2n) is 6.31. The molecular weight excluding hydrogens is 340 g/mol. The van der Waals surface area contributed by atoms with Crippen LogP contribution in [0.1, 0.15) is 6.92 Å². The van der Waals surface area contributed by atoms with Gasteiger partial charge in [0.25, 0.3) is 0 Å². The van der Waals surface area contributed by atoms with Crippen molar-refractivity contribution in [3.8, 4) is 0 Å². The third-order valence-electron chi connectivity index (χ3n) is 4.47. The van der Waals surface area contributed by atoms with E-state index in [4.69, 9.17) is 4.74 Å². The molecule has 0 spiro atoms. The molecule has 1 aromatic heterocycles. The van der Waals surface area contributed by atoms with Crippen LogP contribution in [0.4, 0.5) is 11.4 Å². The van der Waals surface area contributed by atoms with E-state index >= 15 is 0 Å². The molecule has 0 amide bonds. The number of rotatable bonds is 7. The average Bonchev–Trinajstić information content (AvgIpc) is 2.73. The Morgan fingerprint density at radius 3 is 2.52 bits per heavy atom. The highest BCUT2D eigenvalue weighted by Crippen LogP contribution is 2.15. The summed E-state index contributed by atoms with van der Waals surface area (Å²) < 4.78 is 5.21. The number of hydrogen-bond acceptors (Lipinski definition) is 6. The maximum absolute atomic E-state index is 12.3. The Kier molecular flexibility index (Phi) is 6.68. The van der Waals surface area contributed by atoms with Crippen molar-refractivity contribution in [3.05, 3.63) is 67.1 Å². The number of ether oxygens (including phenoxy) is 1. The Bertz CT molecular complexity index is 728. The van der Waals surface area contributed by atoms with Gasteiger partial charge in [0, 0.05) is 49.9 Å². The van der Waals surface area contributed by atoms with E-state index in [1.165, 1.54) is 5.69 Å². The lowest BCUT2D eigenvalue weighted by molar-refractivity contribution is -0.142. The van der Waals surface area contributed by atoms with Crippen molar-refractivity contribution in [3.63, 3.8) is 0 Å². The molecule has 1 atom stereocenters. The van der Waals surface area contributed by atoms with Crippen LogP contribution in [0, 0.1) is 0 Å². The summed E-state index contributed by atoms with van der Waals surface area (Å²) in [7, 11) is 0. The second kappa shape index (κ2) is 9.62. The van der Waals surface area contributed by atoms with Crippen molar-refractivity contribution in [1.29, 1.82) is 0 Å². The van der Waals surface area contributed by atoms with Crippen molar-refractivity contribution >= 4 is 17.3 Å². The number of nitrogens with zero attached hydrogens (tertiary/aromatic N) is 3. The lowest BCUT2D eigenvalue weighted by Gasteiger charge is -2.35. The Labute approximate surface area is 160 Å². The zero-order valence-corrected chi connectivity index (χ0v) is 15.6. The van der Waals surface area contributed by atoms with Gasteiger partial charge in [-0.15, -0.1) is 0 Å². The number of benzene rings is 1.